The number of ketones is 2. The van der Waals surface area contributed by atoms with Crippen molar-refractivity contribution >= 4 is 11.6 Å². The Kier molecular flexibility index (Phi) is 4.05. The molecular formula is C23H34O2. The van der Waals surface area contributed by atoms with E-state index in [0.29, 0.717) is 35.2 Å². The van der Waals surface area contributed by atoms with Gasteiger partial charge in [0.2, 0.25) is 0 Å². The van der Waals surface area contributed by atoms with Gasteiger partial charge in [0.05, 0.1) is 5.41 Å². The van der Waals surface area contributed by atoms with E-state index in [9.17, 15) is 9.59 Å². The molecule has 0 amide bonds. The van der Waals surface area contributed by atoms with Gasteiger partial charge in [-0.3, -0.25) is 9.59 Å². The smallest absolute Gasteiger partial charge is 0.143 e. The number of carbonyl (C=O) groups excluding carboxylic acids is 2. The van der Waals surface area contributed by atoms with Crippen molar-refractivity contribution in [3.63, 3.8) is 0 Å². The van der Waals surface area contributed by atoms with Crippen molar-refractivity contribution in [2.24, 2.45) is 34.5 Å². The number of Topliss-reactive ketones (excluding diaryl/α,β-unsaturated/α-hetero) is 2. The molecule has 2 heteroatoms. The van der Waals surface area contributed by atoms with Crippen LogP contribution >= 0.6 is 0 Å². The van der Waals surface area contributed by atoms with Gasteiger partial charge in [-0.05, 0) is 81.5 Å². The molecule has 3 unspecified atom stereocenters. The molecule has 0 N–H and O–H groups in total. The van der Waals surface area contributed by atoms with E-state index in [0.717, 1.165) is 38.5 Å². The first kappa shape index (κ1) is 17.5. The van der Waals surface area contributed by atoms with E-state index < -0.39 is 0 Å². The Morgan fingerprint density at radius 2 is 1.80 bits per heavy atom. The summed E-state index contributed by atoms with van der Waals surface area (Å²) in [5.74, 6) is 3.26. The van der Waals surface area contributed by atoms with Crippen LogP contribution in [0.2, 0.25) is 0 Å². The van der Waals surface area contributed by atoms with Gasteiger partial charge in [-0.2, -0.15) is 0 Å². The summed E-state index contributed by atoms with van der Waals surface area (Å²) in [5, 5.41) is 0. The number of carbonyl (C=O) groups is 2. The van der Waals surface area contributed by atoms with Crippen molar-refractivity contribution in [2.45, 2.75) is 85.5 Å². The molecule has 25 heavy (non-hydrogen) atoms. The molecule has 0 saturated heterocycles. The van der Waals surface area contributed by atoms with Crippen molar-refractivity contribution < 1.29 is 9.59 Å². The predicted molar refractivity (Wildman–Crippen MR) is 100 cm³/mol. The maximum atomic E-state index is 13.5. The molecule has 0 bridgehead atoms. The normalized spacial score (nSPS) is 48.6. The van der Waals surface area contributed by atoms with E-state index in [4.69, 9.17) is 0 Å². The van der Waals surface area contributed by atoms with Gasteiger partial charge < -0.3 is 0 Å². The zero-order valence-electron chi connectivity index (χ0n) is 16.5. The molecule has 0 aliphatic heterocycles. The fourth-order valence-corrected chi connectivity index (χ4v) is 7.46. The van der Waals surface area contributed by atoms with Gasteiger partial charge in [0.15, 0.2) is 0 Å². The van der Waals surface area contributed by atoms with E-state index in [1.165, 1.54) is 30.4 Å². The summed E-state index contributed by atoms with van der Waals surface area (Å²) in [6.45, 7) is 9.16. The minimum Gasteiger partial charge on any atom is -0.300 e. The van der Waals surface area contributed by atoms with Crippen molar-refractivity contribution in [3.8, 4) is 0 Å². The van der Waals surface area contributed by atoms with Gasteiger partial charge in [0.1, 0.15) is 11.6 Å². The molecule has 4 fully saturated rings. The Hall–Kier alpha value is -0.920. The SMILES string of the molecule is CC/C(C)=C1\CCC2C3CC[C@@H]4CC(=O)CC[C@]4(C)C3CC(=O)[C@]12C. The topological polar surface area (TPSA) is 34.1 Å². The van der Waals surface area contributed by atoms with Crippen LogP contribution in [0, 0.1) is 34.5 Å². The predicted octanol–water partition coefficient (Wildman–Crippen LogP) is 5.50. The van der Waals surface area contributed by atoms with E-state index >= 15 is 0 Å². The van der Waals surface area contributed by atoms with E-state index in [1.54, 1.807) is 0 Å². The lowest BCUT2D eigenvalue weighted by molar-refractivity contribution is -0.151. The highest BCUT2D eigenvalue weighted by atomic mass is 16.1. The van der Waals surface area contributed by atoms with Crippen LogP contribution in [0.25, 0.3) is 0 Å². The highest BCUT2D eigenvalue weighted by Gasteiger charge is 2.62. The number of fused-ring (bicyclic) bond motifs is 5. The summed E-state index contributed by atoms with van der Waals surface area (Å²) in [6, 6.07) is 0. The first-order chi connectivity index (χ1) is 11.8. The average molecular weight is 343 g/mol. The van der Waals surface area contributed by atoms with Crippen LogP contribution in [0.15, 0.2) is 11.1 Å². The Morgan fingerprint density at radius 1 is 1.04 bits per heavy atom. The summed E-state index contributed by atoms with van der Waals surface area (Å²) in [4.78, 5) is 25.5. The van der Waals surface area contributed by atoms with Gasteiger partial charge in [0.25, 0.3) is 0 Å². The second kappa shape index (κ2) is 5.79. The minimum absolute atomic E-state index is 0.186. The zero-order valence-corrected chi connectivity index (χ0v) is 16.5. The molecule has 4 aliphatic rings. The maximum absolute atomic E-state index is 13.5. The lowest BCUT2D eigenvalue weighted by atomic mass is 9.45. The third kappa shape index (κ3) is 2.28. The third-order valence-corrected chi connectivity index (χ3v) is 9.18. The fraction of sp³-hybridized carbons (Fsp3) is 0.826. The van der Waals surface area contributed by atoms with Crippen molar-refractivity contribution in [2.75, 3.05) is 0 Å². The molecular weight excluding hydrogens is 308 g/mol. The molecule has 6 atom stereocenters. The van der Waals surface area contributed by atoms with Crippen LogP contribution < -0.4 is 0 Å². The van der Waals surface area contributed by atoms with Crippen molar-refractivity contribution in [1.29, 1.82) is 0 Å². The van der Waals surface area contributed by atoms with E-state index in [2.05, 4.69) is 27.7 Å². The first-order valence-electron chi connectivity index (χ1n) is 10.6. The van der Waals surface area contributed by atoms with Gasteiger partial charge in [-0.25, -0.2) is 0 Å². The molecule has 4 saturated carbocycles. The first-order valence-corrected chi connectivity index (χ1v) is 10.6. The molecule has 0 radical (unpaired) electrons. The van der Waals surface area contributed by atoms with Gasteiger partial charge >= 0.3 is 0 Å². The van der Waals surface area contributed by atoms with Crippen LogP contribution in [-0.4, -0.2) is 11.6 Å². The van der Waals surface area contributed by atoms with Crippen LogP contribution in [0.5, 0.6) is 0 Å². The number of hydrogen-bond acceptors (Lipinski definition) is 2. The Bertz CT molecular complexity index is 644. The summed E-state index contributed by atoms with van der Waals surface area (Å²) >= 11 is 0. The van der Waals surface area contributed by atoms with Crippen molar-refractivity contribution in [3.05, 3.63) is 11.1 Å². The minimum atomic E-state index is -0.186. The van der Waals surface area contributed by atoms with Gasteiger partial charge in [0, 0.05) is 19.3 Å². The van der Waals surface area contributed by atoms with Crippen LogP contribution in [0.1, 0.15) is 85.5 Å². The maximum Gasteiger partial charge on any atom is 0.143 e. The van der Waals surface area contributed by atoms with E-state index in [1.807, 2.05) is 0 Å². The number of allylic oxidation sites excluding steroid dienone is 2. The van der Waals surface area contributed by atoms with Crippen LogP contribution in [0.3, 0.4) is 0 Å². The summed E-state index contributed by atoms with van der Waals surface area (Å²) in [7, 11) is 0. The lowest BCUT2D eigenvalue weighted by Gasteiger charge is -2.59. The van der Waals surface area contributed by atoms with Crippen LogP contribution in [0.4, 0.5) is 0 Å². The standard InChI is InChI=1S/C23H34O2/c1-5-14(2)18-8-9-19-17-7-6-15-12-16(24)10-11-22(15,3)20(17)13-21(25)23(18,19)4/h15,17,19-20H,5-13H2,1-4H3/b18-14+/t15-,17?,19?,20?,22+,23-/m1/s1. The Morgan fingerprint density at radius 3 is 2.52 bits per heavy atom. The molecule has 2 nitrogen and oxygen atoms in total. The lowest BCUT2D eigenvalue weighted by Crippen LogP contribution is -2.56. The molecule has 138 valence electrons. The van der Waals surface area contributed by atoms with Gasteiger partial charge in [-0.15, -0.1) is 0 Å². The third-order valence-electron chi connectivity index (χ3n) is 9.18. The monoisotopic (exact) mass is 342 g/mol. The molecule has 0 spiro atoms. The fourth-order valence-electron chi connectivity index (χ4n) is 7.46. The second-order valence-corrected chi connectivity index (χ2v) is 9.88. The Balaban J connectivity index is 1.71. The molecule has 4 aliphatic carbocycles. The highest BCUT2D eigenvalue weighted by molar-refractivity contribution is 5.90. The van der Waals surface area contributed by atoms with Crippen LogP contribution in [-0.2, 0) is 9.59 Å². The van der Waals surface area contributed by atoms with E-state index in [-0.39, 0.29) is 10.8 Å². The molecule has 0 aromatic carbocycles. The summed E-state index contributed by atoms with van der Waals surface area (Å²) < 4.78 is 0. The summed E-state index contributed by atoms with van der Waals surface area (Å²) in [6.07, 6.45) is 9.15. The zero-order chi connectivity index (χ0) is 18.0. The average Bonchev–Trinajstić information content (AvgIpc) is 2.95. The summed E-state index contributed by atoms with van der Waals surface area (Å²) in [5.41, 5.74) is 2.98. The highest BCUT2D eigenvalue weighted by Crippen LogP contribution is 2.66. The number of hydrogen-bond donors (Lipinski definition) is 0. The quantitative estimate of drug-likeness (QED) is 0.589. The number of rotatable bonds is 1. The van der Waals surface area contributed by atoms with Gasteiger partial charge in [-0.1, -0.05) is 25.0 Å². The molecule has 0 heterocycles. The largest absolute Gasteiger partial charge is 0.300 e. The molecule has 0 aromatic rings. The van der Waals surface area contributed by atoms with Crippen molar-refractivity contribution in [1.82, 2.24) is 0 Å². The molecule has 0 aromatic heterocycles. The second-order valence-electron chi connectivity index (χ2n) is 9.88. The Labute approximate surface area is 152 Å². The molecule has 4 rings (SSSR count).